The van der Waals surface area contributed by atoms with Gasteiger partial charge in [-0.15, -0.1) is 0 Å². The van der Waals surface area contributed by atoms with E-state index in [0.717, 1.165) is 31.3 Å². The summed E-state index contributed by atoms with van der Waals surface area (Å²) in [7, 11) is 0. The SMILES string of the molecule is O=C(NC1CCNCC1)N(c1ccccc1)c1ncc2cn[nH]c2n1. The van der Waals surface area contributed by atoms with Gasteiger partial charge in [0.1, 0.15) is 0 Å². The van der Waals surface area contributed by atoms with Crippen LogP contribution < -0.4 is 15.5 Å². The Hall–Kier alpha value is -3.00. The molecule has 8 nitrogen and oxygen atoms in total. The summed E-state index contributed by atoms with van der Waals surface area (Å²) in [6, 6.07) is 9.33. The van der Waals surface area contributed by atoms with Crippen molar-refractivity contribution in [2.24, 2.45) is 0 Å². The van der Waals surface area contributed by atoms with Gasteiger partial charge in [0.05, 0.1) is 17.3 Å². The first kappa shape index (κ1) is 15.5. The van der Waals surface area contributed by atoms with Crippen molar-refractivity contribution in [2.45, 2.75) is 18.9 Å². The minimum atomic E-state index is -0.225. The predicted molar refractivity (Wildman–Crippen MR) is 94.7 cm³/mol. The summed E-state index contributed by atoms with van der Waals surface area (Å²) in [5.74, 6) is 0.314. The molecule has 128 valence electrons. The Kier molecular flexibility index (Phi) is 4.26. The van der Waals surface area contributed by atoms with Crippen molar-refractivity contribution >= 4 is 28.7 Å². The van der Waals surface area contributed by atoms with Crippen LogP contribution in [0.15, 0.2) is 42.7 Å². The fraction of sp³-hybridized carbons (Fsp3) is 0.294. The number of nitrogens with one attached hydrogen (secondary N) is 3. The molecule has 4 rings (SSSR count). The highest BCUT2D eigenvalue weighted by atomic mass is 16.2. The number of hydrogen-bond acceptors (Lipinski definition) is 5. The third-order valence-electron chi connectivity index (χ3n) is 4.26. The van der Waals surface area contributed by atoms with E-state index in [4.69, 9.17) is 0 Å². The van der Waals surface area contributed by atoms with Gasteiger partial charge in [-0.05, 0) is 38.1 Å². The van der Waals surface area contributed by atoms with Gasteiger partial charge in [0.2, 0.25) is 5.95 Å². The maximum atomic E-state index is 13.0. The van der Waals surface area contributed by atoms with E-state index in [1.165, 1.54) is 4.90 Å². The lowest BCUT2D eigenvalue weighted by Gasteiger charge is -2.27. The molecule has 0 saturated carbocycles. The number of aromatic amines is 1. The number of aromatic nitrogens is 4. The summed E-state index contributed by atoms with van der Waals surface area (Å²) in [4.78, 5) is 23.3. The Balaban J connectivity index is 1.67. The van der Waals surface area contributed by atoms with E-state index >= 15 is 0 Å². The molecule has 25 heavy (non-hydrogen) atoms. The van der Waals surface area contributed by atoms with Crippen LogP contribution in [0, 0.1) is 0 Å². The van der Waals surface area contributed by atoms with Gasteiger partial charge in [-0.1, -0.05) is 18.2 Å². The van der Waals surface area contributed by atoms with Crippen LogP contribution >= 0.6 is 0 Å². The van der Waals surface area contributed by atoms with E-state index in [1.54, 1.807) is 12.4 Å². The minimum Gasteiger partial charge on any atom is -0.334 e. The summed E-state index contributed by atoms with van der Waals surface area (Å²) >= 11 is 0. The van der Waals surface area contributed by atoms with Gasteiger partial charge in [-0.25, -0.2) is 14.7 Å². The van der Waals surface area contributed by atoms with E-state index in [-0.39, 0.29) is 12.1 Å². The predicted octanol–water partition coefficient (Wildman–Crippen LogP) is 1.95. The Bertz CT molecular complexity index is 858. The van der Waals surface area contributed by atoms with E-state index in [0.29, 0.717) is 17.3 Å². The van der Waals surface area contributed by atoms with Crippen molar-refractivity contribution in [1.29, 1.82) is 0 Å². The van der Waals surface area contributed by atoms with E-state index < -0.39 is 0 Å². The van der Waals surface area contributed by atoms with Gasteiger partial charge in [0.25, 0.3) is 0 Å². The smallest absolute Gasteiger partial charge is 0.329 e. The molecular weight excluding hydrogens is 318 g/mol. The van der Waals surface area contributed by atoms with Crippen molar-refractivity contribution < 1.29 is 4.79 Å². The number of piperidine rings is 1. The van der Waals surface area contributed by atoms with Crippen molar-refractivity contribution in [3.8, 4) is 0 Å². The lowest BCUT2D eigenvalue weighted by atomic mass is 10.1. The van der Waals surface area contributed by atoms with Crippen LogP contribution in [0.4, 0.5) is 16.4 Å². The van der Waals surface area contributed by atoms with Crippen LogP contribution in [0.2, 0.25) is 0 Å². The Labute approximate surface area is 144 Å². The number of nitrogens with zero attached hydrogens (tertiary/aromatic N) is 4. The molecule has 8 heteroatoms. The van der Waals surface area contributed by atoms with E-state index in [2.05, 4.69) is 30.8 Å². The molecule has 3 heterocycles. The van der Waals surface area contributed by atoms with Crippen LogP contribution in [0.25, 0.3) is 11.0 Å². The summed E-state index contributed by atoms with van der Waals surface area (Å²) in [6.07, 6.45) is 5.14. The number of para-hydroxylation sites is 1. The highest BCUT2D eigenvalue weighted by molar-refractivity contribution is 5.98. The first-order valence-corrected chi connectivity index (χ1v) is 8.34. The van der Waals surface area contributed by atoms with Gasteiger partial charge < -0.3 is 10.6 Å². The normalized spacial score (nSPS) is 15.2. The molecule has 1 aliphatic rings. The molecule has 0 spiro atoms. The van der Waals surface area contributed by atoms with Gasteiger partial charge >= 0.3 is 6.03 Å². The Morgan fingerprint density at radius 2 is 1.96 bits per heavy atom. The zero-order chi connectivity index (χ0) is 17.1. The first-order chi connectivity index (χ1) is 12.3. The number of carbonyl (C=O) groups excluding carboxylic acids is 1. The fourth-order valence-electron chi connectivity index (χ4n) is 2.94. The number of carbonyl (C=O) groups is 1. The van der Waals surface area contributed by atoms with Crippen molar-refractivity contribution in [3.63, 3.8) is 0 Å². The number of benzene rings is 1. The second-order valence-electron chi connectivity index (χ2n) is 5.99. The van der Waals surface area contributed by atoms with Crippen LogP contribution in [-0.2, 0) is 0 Å². The molecular formula is C17H19N7O. The standard InChI is InChI=1S/C17H19N7O/c25-17(21-13-6-8-18-9-7-13)24(14-4-2-1-3-5-14)16-19-10-12-11-20-23-15(12)22-16/h1-5,10-11,13,18H,6-9H2,(H,21,25)(H,19,20,22,23). The molecule has 0 radical (unpaired) electrons. The molecule has 3 aromatic rings. The molecule has 1 aliphatic heterocycles. The number of amides is 2. The maximum absolute atomic E-state index is 13.0. The second-order valence-corrected chi connectivity index (χ2v) is 5.99. The molecule has 2 amide bonds. The first-order valence-electron chi connectivity index (χ1n) is 8.34. The monoisotopic (exact) mass is 337 g/mol. The van der Waals surface area contributed by atoms with Gasteiger partial charge in [0, 0.05) is 12.2 Å². The molecule has 0 bridgehead atoms. The van der Waals surface area contributed by atoms with Crippen LogP contribution in [0.5, 0.6) is 0 Å². The number of H-pyrrole nitrogens is 1. The van der Waals surface area contributed by atoms with Gasteiger partial charge in [-0.2, -0.15) is 10.1 Å². The fourth-order valence-corrected chi connectivity index (χ4v) is 2.94. The highest BCUT2D eigenvalue weighted by Gasteiger charge is 2.24. The largest absolute Gasteiger partial charge is 0.334 e. The number of hydrogen-bond donors (Lipinski definition) is 3. The number of urea groups is 1. The van der Waals surface area contributed by atoms with Crippen molar-refractivity contribution in [3.05, 3.63) is 42.7 Å². The average Bonchev–Trinajstić information content (AvgIpc) is 3.11. The number of anilines is 2. The van der Waals surface area contributed by atoms with Crippen molar-refractivity contribution in [2.75, 3.05) is 18.0 Å². The second kappa shape index (κ2) is 6.86. The molecule has 0 aliphatic carbocycles. The third kappa shape index (κ3) is 3.29. The molecule has 0 atom stereocenters. The zero-order valence-corrected chi connectivity index (χ0v) is 13.6. The highest BCUT2D eigenvalue weighted by Crippen LogP contribution is 2.23. The van der Waals surface area contributed by atoms with Crippen LogP contribution in [-0.4, -0.2) is 45.3 Å². The minimum absolute atomic E-state index is 0.149. The molecule has 1 saturated heterocycles. The molecule has 1 aromatic carbocycles. The summed E-state index contributed by atoms with van der Waals surface area (Å²) in [6.45, 7) is 1.82. The quantitative estimate of drug-likeness (QED) is 0.678. The molecule has 1 fully saturated rings. The number of rotatable bonds is 3. The summed E-state index contributed by atoms with van der Waals surface area (Å²) in [5, 5.41) is 14.0. The van der Waals surface area contributed by atoms with E-state index in [9.17, 15) is 4.79 Å². The van der Waals surface area contributed by atoms with Gasteiger partial charge in [0.15, 0.2) is 5.65 Å². The molecule has 3 N–H and O–H groups in total. The van der Waals surface area contributed by atoms with Crippen LogP contribution in [0.1, 0.15) is 12.8 Å². The van der Waals surface area contributed by atoms with Crippen molar-refractivity contribution in [1.82, 2.24) is 30.8 Å². The zero-order valence-electron chi connectivity index (χ0n) is 13.6. The topological polar surface area (TPSA) is 98.8 Å². The Morgan fingerprint density at radius 1 is 1.16 bits per heavy atom. The Morgan fingerprint density at radius 3 is 2.76 bits per heavy atom. The van der Waals surface area contributed by atoms with Crippen LogP contribution in [0.3, 0.4) is 0 Å². The summed E-state index contributed by atoms with van der Waals surface area (Å²) < 4.78 is 0. The summed E-state index contributed by atoms with van der Waals surface area (Å²) in [5.41, 5.74) is 1.31. The number of fused-ring (bicyclic) bond motifs is 1. The van der Waals surface area contributed by atoms with Gasteiger partial charge in [-0.3, -0.25) is 5.10 Å². The van der Waals surface area contributed by atoms with E-state index in [1.807, 2.05) is 30.3 Å². The third-order valence-corrected chi connectivity index (χ3v) is 4.26. The lowest BCUT2D eigenvalue weighted by molar-refractivity contribution is 0.241. The maximum Gasteiger partial charge on any atom is 0.329 e. The lowest BCUT2D eigenvalue weighted by Crippen LogP contribution is -2.47. The molecule has 2 aromatic heterocycles. The average molecular weight is 337 g/mol. The molecule has 0 unspecified atom stereocenters.